The van der Waals surface area contributed by atoms with Gasteiger partial charge in [-0.1, -0.05) is 0 Å². The number of hydrogen-bond acceptors (Lipinski definition) is 6. The lowest BCUT2D eigenvalue weighted by atomic mass is 10.1. The van der Waals surface area contributed by atoms with Crippen molar-refractivity contribution in [1.29, 1.82) is 0 Å². The standard InChI is InChI=1S/C12H15F3O6S/c1-7-5-8(11(19-3)20-4)6-9(18-2)10(7)21-22(16,17)12(13,14)15/h5-6,11H,1-4H3. The second-order valence-corrected chi connectivity index (χ2v) is 5.69. The van der Waals surface area contributed by atoms with Crippen LogP contribution in [0.1, 0.15) is 17.4 Å². The quantitative estimate of drug-likeness (QED) is 0.449. The van der Waals surface area contributed by atoms with Crippen LogP contribution in [0.4, 0.5) is 13.2 Å². The minimum atomic E-state index is -5.79. The van der Waals surface area contributed by atoms with Crippen molar-refractivity contribution >= 4 is 10.1 Å². The van der Waals surface area contributed by atoms with E-state index >= 15 is 0 Å². The summed E-state index contributed by atoms with van der Waals surface area (Å²) in [7, 11) is -1.89. The largest absolute Gasteiger partial charge is 0.534 e. The van der Waals surface area contributed by atoms with Gasteiger partial charge in [-0.2, -0.15) is 21.6 Å². The van der Waals surface area contributed by atoms with Crippen LogP contribution in [0.2, 0.25) is 0 Å². The Bertz CT molecular complexity index is 622. The molecule has 0 saturated heterocycles. The zero-order valence-corrected chi connectivity index (χ0v) is 13.0. The van der Waals surface area contributed by atoms with Crippen LogP contribution in [0, 0.1) is 6.92 Å². The maximum absolute atomic E-state index is 12.4. The monoisotopic (exact) mass is 344 g/mol. The summed E-state index contributed by atoms with van der Waals surface area (Å²) in [6.07, 6.45) is -0.791. The molecule has 6 nitrogen and oxygen atoms in total. The fourth-order valence-electron chi connectivity index (χ4n) is 1.69. The lowest BCUT2D eigenvalue weighted by Gasteiger charge is -2.19. The van der Waals surface area contributed by atoms with Crippen LogP contribution in [0.5, 0.6) is 11.5 Å². The van der Waals surface area contributed by atoms with E-state index in [-0.39, 0.29) is 11.3 Å². The molecule has 0 saturated carbocycles. The highest BCUT2D eigenvalue weighted by atomic mass is 32.2. The zero-order valence-electron chi connectivity index (χ0n) is 12.2. The highest BCUT2D eigenvalue weighted by molar-refractivity contribution is 7.88. The van der Waals surface area contributed by atoms with Crippen LogP contribution in [0.25, 0.3) is 0 Å². The van der Waals surface area contributed by atoms with Crippen LogP contribution in [0.15, 0.2) is 12.1 Å². The second kappa shape index (κ2) is 6.71. The number of ether oxygens (including phenoxy) is 3. The predicted molar refractivity (Wildman–Crippen MR) is 70.1 cm³/mol. The first-order valence-electron chi connectivity index (χ1n) is 5.82. The molecular formula is C12H15F3O6S. The molecule has 0 unspecified atom stereocenters. The van der Waals surface area contributed by atoms with Crippen molar-refractivity contribution in [2.75, 3.05) is 21.3 Å². The van der Waals surface area contributed by atoms with Gasteiger partial charge in [-0.25, -0.2) is 0 Å². The summed E-state index contributed by atoms with van der Waals surface area (Å²) in [4.78, 5) is 0. The second-order valence-electron chi connectivity index (χ2n) is 4.16. The highest BCUT2D eigenvalue weighted by Crippen LogP contribution is 2.38. The summed E-state index contributed by atoms with van der Waals surface area (Å²) >= 11 is 0. The lowest BCUT2D eigenvalue weighted by Crippen LogP contribution is -2.28. The molecule has 0 aliphatic heterocycles. The molecule has 1 aromatic carbocycles. The van der Waals surface area contributed by atoms with Gasteiger partial charge < -0.3 is 18.4 Å². The Morgan fingerprint density at radius 1 is 1.09 bits per heavy atom. The van der Waals surface area contributed by atoms with Gasteiger partial charge in [-0.3, -0.25) is 0 Å². The molecule has 0 aliphatic rings. The van der Waals surface area contributed by atoms with E-state index in [1.54, 1.807) is 0 Å². The normalized spacial score (nSPS) is 12.5. The molecule has 0 amide bonds. The minimum Gasteiger partial charge on any atom is -0.493 e. The Labute approximate surface area is 125 Å². The number of aryl methyl sites for hydroxylation is 1. The smallest absolute Gasteiger partial charge is 0.493 e. The first-order chi connectivity index (χ1) is 10.1. The third-order valence-corrected chi connectivity index (χ3v) is 3.61. The fourth-order valence-corrected chi connectivity index (χ4v) is 2.22. The van der Waals surface area contributed by atoms with E-state index in [0.717, 1.165) is 0 Å². The van der Waals surface area contributed by atoms with Crippen molar-refractivity contribution in [2.24, 2.45) is 0 Å². The SMILES string of the molecule is COc1cc(C(OC)OC)cc(C)c1OS(=O)(=O)C(F)(F)F. The van der Waals surface area contributed by atoms with E-state index in [4.69, 9.17) is 14.2 Å². The highest BCUT2D eigenvalue weighted by Gasteiger charge is 2.49. The van der Waals surface area contributed by atoms with Crippen LogP contribution in [0.3, 0.4) is 0 Å². The molecule has 0 bridgehead atoms. The van der Waals surface area contributed by atoms with Crippen molar-refractivity contribution in [3.63, 3.8) is 0 Å². The fraction of sp³-hybridized carbons (Fsp3) is 0.500. The van der Waals surface area contributed by atoms with E-state index in [1.165, 1.54) is 40.4 Å². The molecule has 0 aliphatic carbocycles. The molecular weight excluding hydrogens is 329 g/mol. The Balaban J connectivity index is 3.34. The van der Waals surface area contributed by atoms with E-state index in [9.17, 15) is 21.6 Å². The molecule has 0 fully saturated rings. The first-order valence-corrected chi connectivity index (χ1v) is 7.23. The van der Waals surface area contributed by atoms with Gasteiger partial charge in [0.25, 0.3) is 0 Å². The predicted octanol–water partition coefficient (Wildman–Crippen LogP) is 2.52. The maximum atomic E-state index is 12.4. The average Bonchev–Trinajstić information content (AvgIpc) is 2.41. The number of alkyl halides is 3. The topological polar surface area (TPSA) is 71.1 Å². The number of hydrogen-bond donors (Lipinski definition) is 0. The summed E-state index contributed by atoms with van der Waals surface area (Å²) in [6, 6.07) is 2.65. The Morgan fingerprint density at radius 2 is 1.64 bits per heavy atom. The molecule has 0 spiro atoms. The Kier molecular flexibility index (Phi) is 5.65. The molecule has 1 aromatic rings. The minimum absolute atomic E-state index is 0.112. The van der Waals surface area contributed by atoms with Gasteiger partial charge in [0.15, 0.2) is 17.8 Å². The van der Waals surface area contributed by atoms with Gasteiger partial charge in [0.1, 0.15) is 0 Å². The van der Waals surface area contributed by atoms with Crippen molar-refractivity contribution in [1.82, 2.24) is 0 Å². The summed E-state index contributed by atoms with van der Waals surface area (Å²) in [5.74, 6) is -0.739. The lowest BCUT2D eigenvalue weighted by molar-refractivity contribution is -0.106. The molecule has 0 aromatic heterocycles. The van der Waals surface area contributed by atoms with Gasteiger partial charge in [-0.05, 0) is 24.6 Å². The number of rotatable bonds is 6. The summed E-state index contributed by atoms with van der Waals surface area (Å²) in [5.41, 5.74) is -5.00. The van der Waals surface area contributed by atoms with Crippen LogP contribution in [-0.2, 0) is 19.6 Å². The van der Waals surface area contributed by atoms with Gasteiger partial charge in [0.05, 0.1) is 7.11 Å². The van der Waals surface area contributed by atoms with E-state index in [1.807, 2.05) is 0 Å². The van der Waals surface area contributed by atoms with Crippen molar-refractivity contribution < 1.29 is 40.0 Å². The zero-order chi connectivity index (χ0) is 17.1. The third-order valence-electron chi connectivity index (χ3n) is 2.66. The Morgan fingerprint density at radius 3 is 2.05 bits per heavy atom. The molecule has 0 radical (unpaired) electrons. The van der Waals surface area contributed by atoms with Gasteiger partial charge in [0, 0.05) is 19.8 Å². The molecule has 0 N–H and O–H groups in total. The Hall–Kier alpha value is -1.52. The van der Waals surface area contributed by atoms with Crippen LogP contribution < -0.4 is 8.92 Å². The molecule has 126 valence electrons. The van der Waals surface area contributed by atoms with E-state index < -0.39 is 27.7 Å². The van der Waals surface area contributed by atoms with Crippen molar-refractivity contribution in [3.8, 4) is 11.5 Å². The molecule has 0 heterocycles. The molecule has 0 atom stereocenters. The summed E-state index contributed by atoms with van der Waals surface area (Å²) in [6.45, 7) is 1.37. The molecule has 1 rings (SSSR count). The van der Waals surface area contributed by atoms with E-state index in [2.05, 4.69) is 4.18 Å². The van der Waals surface area contributed by atoms with Gasteiger partial charge >= 0.3 is 15.6 Å². The molecule has 10 heteroatoms. The summed E-state index contributed by atoms with van der Waals surface area (Å²) < 4.78 is 78.6. The third kappa shape index (κ3) is 3.81. The van der Waals surface area contributed by atoms with Crippen LogP contribution in [-0.4, -0.2) is 35.3 Å². The number of benzene rings is 1. The average molecular weight is 344 g/mol. The molecule has 22 heavy (non-hydrogen) atoms. The summed E-state index contributed by atoms with van der Waals surface area (Å²) in [5, 5.41) is 0. The number of methoxy groups -OCH3 is 3. The first kappa shape index (κ1) is 18.5. The van der Waals surface area contributed by atoms with Crippen LogP contribution >= 0.6 is 0 Å². The van der Waals surface area contributed by atoms with Gasteiger partial charge in [0.2, 0.25) is 0 Å². The van der Waals surface area contributed by atoms with Crippen molar-refractivity contribution in [2.45, 2.75) is 18.7 Å². The van der Waals surface area contributed by atoms with E-state index in [0.29, 0.717) is 5.56 Å². The maximum Gasteiger partial charge on any atom is 0.534 e. The number of halogens is 3. The van der Waals surface area contributed by atoms with Gasteiger partial charge in [-0.15, -0.1) is 0 Å². The van der Waals surface area contributed by atoms with Crippen molar-refractivity contribution in [3.05, 3.63) is 23.3 Å².